The molecule has 0 spiro atoms. The lowest BCUT2D eigenvalue weighted by Gasteiger charge is -1.90. The fraction of sp³-hybridized carbons (Fsp3) is 0.200. The molecule has 1 aromatic rings. The Morgan fingerprint density at radius 2 is 2.67 bits per heavy atom. The van der Waals surface area contributed by atoms with E-state index in [1.807, 2.05) is 0 Å². The van der Waals surface area contributed by atoms with Crippen molar-refractivity contribution in [3.63, 3.8) is 0 Å². The minimum atomic E-state index is -1.05. The first-order valence-corrected chi connectivity index (χ1v) is 3.19. The van der Waals surface area contributed by atoms with E-state index < -0.39 is 6.10 Å². The lowest BCUT2D eigenvalue weighted by molar-refractivity contribution is 0.235. The molecule has 0 fully saturated rings. The van der Waals surface area contributed by atoms with E-state index in [4.69, 9.17) is 10.4 Å². The maximum atomic E-state index is 8.80. The van der Waals surface area contributed by atoms with Gasteiger partial charge in [-0.3, -0.25) is 0 Å². The van der Waals surface area contributed by atoms with Gasteiger partial charge in [0, 0.05) is 11.6 Å². The first kappa shape index (κ1) is 6.20. The molecule has 4 heteroatoms. The van der Waals surface area contributed by atoms with Crippen molar-refractivity contribution in [2.24, 2.45) is 0 Å². The molecule has 0 radical (unpaired) electrons. The Morgan fingerprint density at radius 3 is 3.11 bits per heavy atom. The Hall–Kier alpha value is -0.920. The smallest absolute Gasteiger partial charge is 0.192 e. The number of hydrogen-bond donors (Lipinski definition) is 1. The molecule has 0 unspecified atom stereocenters. The summed E-state index contributed by atoms with van der Waals surface area (Å²) < 4.78 is 0. The van der Waals surface area contributed by atoms with Crippen molar-refractivity contribution < 1.29 is 5.11 Å². The molecule has 1 atom stereocenters. The van der Waals surface area contributed by atoms with E-state index >= 15 is 0 Å². The Kier molecular flexibility index (Phi) is 1.78. The largest absolute Gasteiger partial charge is 0.372 e. The molecule has 1 rings (SSSR count). The van der Waals surface area contributed by atoms with Gasteiger partial charge in [-0.05, 0) is 0 Å². The van der Waals surface area contributed by atoms with Gasteiger partial charge in [0.2, 0.25) is 0 Å². The highest BCUT2D eigenvalue weighted by Gasteiger charge is 2.05. The average Bonchev–Trinajstić information content (AvgIpc) is 2.37. The number of nitriles is 1. The number of thiazole rings is 1. The Labute approximate surface area is 56.2 Å². The van der Waals surface area contributed by atoms with E-state index in [9.17, 15) is 0 Å². The van der Waals surface area contributed by atoms with Crippen molar-refractivity contribution in [3.8, 4) is 6.07 Å². The molecule has 0 aliphatic carbocycles. The highest BCUT2D eigenvalue weighted by atomic mass is 32.1. The standard InChI is InChI=1S/C5H4N2OS/c6-3-4(8)5-7-1-2-9-5/h1-2,4,8H/t4-/m0/s1. The fourth-order valence-electron chi connectivity index (χ4n) is 0.425. The van der Waals surface area contributed by atoms with E-state index in [1.165, 1.54) is 11.3 Å². The quantitative estimate of drug-likeness (QED) is 0.584. The van der Waals surface area contributed by atoms with Crippen LogP contribution >= 0.6 is 11.3 Å². The summed E-state index contributed by atoms with van der Waals surface area (Å²) >= 11 is 1.27. The zero-order valence-corrected chi connectivity index (χ0v) is 5.30. The van der Waals surface area contributed by atoms with E-state index in [0.29, 0.717) is 5.01 Å². The first-order valence-electron chi connectivity index (χ1n) is 2.31. The summed E-state index contributed by atoms with van der Waals surface area (Å²) in [5.41, 5.74) is 0. The topological polar surface area (TPSA) is 56.9 Å². The monoisotopic (exact) mass is 140 g/mol. The third kappa shape index (κ3) is 1.25. The summed E-state index contributed by atoms with van der Waals surface area (Å²) in [6.45, 7) is 0. The molecule has 0 aliphatic rings. The molecule has 9 heavy (non-hydrogen) atoms. The number of rotatable bonds is 1. The minimum Gasteiger partial charge on any atom is -0.372 e. The lowest BCUT2D eigenvalue weighted by Crippen LogP contribution is -1.89. The minimum absolute atomic E-state index is 0.456. The van der Waals surface area contributed by atoms with Gasteiger partial charge in [-0.15, -0.1) is 11.3 Å². The van der Waals surface area contributed by atoms with Crippen molar-refractivity contribution in [1.29, 1.82) is 5.26 Å². The van der Waals surface area contributed by atoms with Gasteiger partial charge in [0.05, 0.1) is 0 Å². The normalized spacial score (nSPS) is 12.4. The van der Waals surface area contributed by atoms with Crippen molar-refractivity contribution in [2.45, 2.75) is 6.10 Å². The number of nitrogens with zero attached hydrogens (tertiary/aromatic N) is 2. The summed E-state index contributed by atoms with van der Waals surface area (Å²) in [7, 11) is 0. The highest BCUT2D eigenvalue weighted by molar-refractivity contribution is 7.09. The van der Waals surface area contributed by atoms with E-state index in [1.54, 1.807) is 17.6 Å². The Balaban J connectivity index is 2.80. The van der Waals surface area contributed by atoms with Gasteiger partial charge < -0.3 is 5.11 Å². The third-order valence-corrected chi connectivity index (χ3v) is 1.64. The lowest BCUT2D eigenvalue weighted by atomic mass is 10.4. The molecule has 0 saturated carbocycles. The van der Waals surface area contributed by atoms with Crippen LogP contribution in [0.1, 0.15) is 11.1 Å². The maximum Gasteiger partial charge on any atom is 0.192 e. The molecule has 1 N–H and O–H groups in total. The van der Waals surface area contributed by atoms with Crippen molar-refractivity contribution >= 4 is 11.3 Å². The maximum absolute atomic E-state index is 8.80. The number of hydrogen-bond acceptors (Lipinski definition) is 4. The summed E-state index contributed by atoms with van der Waals surface area (Å²) in [4.78, 5) is 3.73. The summed E-state index contributed by atoms with van der Waals surface area (Å²) in [5, 5.41) is 19.2. The van der Waals surface area contributed by atoms with Crippen LogP contribution in [0.5, 0.6) is 0 Å². The van der Waals surface area contributed by atoms with Crippen LogP contribution in [-0.2, 0) is 0 Å². The molecular weight excluding hydrogens is 136 g/mol. The van der Waals surface area contributed by atoms with Crippen LogP contribution in [0.25, 0.3) is 0 Å². The van der Waals surface area contributed by atoms with Gasteiger partial charge >= 0.3 is 0 Å². The summed E-state index contributed by atoms with van der Waals surface area (Å²) in [6.07, 6.45) is 0.505. The molecule has 0 amide bonds. The third-order valence-electron chi connectivity index (χ3n) is 0.808. The molecule has 46 valence electrons. The van der Waals surface area contributed by atoms with Crippen LogP contribution in [0.3, 0.4) is 0 Å². The van der Waals surface area contributed by atoms with E-state index in [2.05, 4.69) is 4.98 Å². The number of aromatic nitrogens is 1. The van der Waals surface area contributed by atoms with Crippen molar-refractivity contribution in [3.05, 3.63) is 16.6 Å². The SMILES string of the molecule is N#C[C@H](O)c1nccs1. The second-order valence-electron chi connectivity index (χ2n) is 1.40. The fourth-order valence-corrected chi connectivity index (χ4v) is 0.989. The van der Waals surface area contributed by atoms with Gasteiger partial charge in [0.25, 0.3) is 0 Å². The zero-order valence-electron chi connectivity index (χ0n) is 4.48. The molecule has 0 bridgehead atoms. The van der Waals surface area contributed by atoms with E-state index in [0.717, 1.165) is 0 Å². The van der Waals surface area contributed by atoms with Gasteiger partial charge in [-0.25, -0.2) is 4.98 Å². The van der Waals surface area contributed by atoms with Crippen LogP contribution in [-0.4, -0.2) is 10.1 Å². The van der Waals surface area contributed by atoms with Crippen LogP contribution in [0, 0.1) is 11.3 Å². The van der Waals surface area contributed by atoms with Crippen molar-refractivity contribution in [2.75, 3.05) is 0 Å². The first-order chi connectivity index (χ1) is 4.34. The molecule has 3 nitrogen and oxygen atoms in total. The summed E-state index contributed by atoms with van der Waals surface area (Å²) in [5.74, 6) is 0. The van der Waals surface area contributed by atoms with E-state index in [-0.39, 0.29) is 0 Å². The molecule has 1 heterocycles. The zero-order chi connectivity index (χ0) is 6.69. The van der Waals surface area contributed by atoms with Gasteiger partial charge in [0.15, 0.2) is 6.10 Å². The van der Waals surface area contributed by atoms with Crippen molar-refractivity contribution in [1.82, 2.24) is 4.98 Å². The average molecular weight is 140 g/mol. The number of aliphatic hydroxyl groups excluding tert-OH is 1. The predicted molar refractivity (Wildman–Crippen MR) is 32.7 cm³/mol. The molecule has 0 aliphatic heterocycles. The Morgan fingerprint density at radius 1 is 1.89 bits per heavy atom. The van der Waals surface area contributed by atoms with Gasteiger partial charge in [0.1, 0.15) is 11.1 Å². The molecular formula is C5H4N2OS. The molecule has 1 aromatic heterocycles. The van der Waals surface area contributed by atoms with Crippen LogP contribution in [0.15, 0.2) is 11.6 Å². The second-order valence-corrected chi connectivity index (χ2v) is 2.33. The van der Waals surface area contributed by atoms with Gasteiger partial charge in [-0.2, -0.15) is 5.26 Å². The number of aliphatic hydroxyl groups is 1. The predicted octanol–water partition coefficient (Wildman–Crippen LogP) is 0.700. The van der Waals surface area contributed by atoms with Crippen LogP contribution in [0.4, 0.5) is 0 Å². The molecule has 0 saturated heterocycles. The van der Waals surface area contributed by atoms with Crippen LogP contribution in [0.2, 0.25) is 0 Å². The Bertz CT molecular complexity index is 213. The second kappa shape index (κ2) is 2.58. The highest BCUT2D eigenvalue weighted by Crippen LogP contribution is 2.13. The van der Waals surface area contributed by atoms with Crippen LogP contribution < -0.4 is 0 Å². The summed E-state index contributed by atoms with van der Waals surface area (Å²) in [6, 6.07) is 1.67. The van der Waals surface area contributed by atoms with Gasteiger partial charge in [-0.1, -0.05) is 0 Å². The molecule has 0 aromatic carbocycles.